The Morgan fingerprint density at radius 2 is 1.91 bits per heavy atom. The molecule has 5 N–H and O–H groups in total. The van der Waals surface area contributed by atoms with Crippen molar-refractivity contribution in [1.29, 1.82) is 0 Å². The van der Waals surface area contributed by atoms with Gasteiger partial charge in [0.1, 0.15) is 5.00 Å². The van der Waals surface area contributed by atoms with Crippen molar-refractivity contribution in [2.45, 2.75) is 37.9 Å². The zero-order chi connectivity index (χ0) is 24.5. The lowest BCUT2D eigenvalue weighted by Gasteiger charge is -2.45. The van der Waals surface area contributed by atoms with Crippen LogP contribution in [-0.4, -0.2) is 86.2 Å². The van der Waals surface area contributed by atoms with Gasteiger partial charge < -0.3 is 26.6 Å². The second-order valence-corrected chi connectivity index (χ2v) is 10.4. The summed E-state index contributed by atoms with van der Waals surface area (Å²) in [6, 6.07) is -0.576. The molecule has 2 heterocycles. The van der Waals surface area contributed by atoms with E-state index in [0.717, 1.165) is 21.8 Å². The Bertz CT molecular complexity index is 875. The van der Waals surface area contributed by atoms with Gasteiger partial charge in [0.25, 0.3) is 0 Å². The van der Waals surface area contributed by atoms with E-state index in [2.05, 4.69) is 10.2 Å². The number of carbonyl (C=O) groups is 2. The molecule has 0 bridgehead atoms. The maximum absolute atomic E-state index is 13.3. The number of fused-ring (bicyclic) bond motifs is 2. The van der Waals surface area contributed by atoms with Gasteiger partial charge in [0.15, 0.2) is 0 Å². The van der Waals surface area contributed by atoms with Crippen LogP contribution in [0.4, 0.5) is 28.7 Å². The Morgan fingerprint density at radius 3 is 2.55 bits per heavy atom. The Kier molecular flexibility index (Phi) is 7.80. The number of hydrogen-bond donors (Lipinski definition) is 3. The van der Waals surface area contributed by atoms with Gasteiger partial charge >= 0.3 is 12.2 Å². The highest BCUT2D eigenvalue weighted by Crippen LogP contribution is 2.44. The number of likely N-dealkylation sites (tertiary alicyclic amines) is 1. The first-order valence-corrected chi connectivity index (χ1v) is 11.9. The minimum atomic E-state index is -4.47. The van der Waals surface area contributed by atoms with Crippen LogP contribution in [0.5, 0.6) is 0 Å². The largest absolute Gasteiger partial charge is 0.396 e. The number of likely N-dealkylation sites (N-methyl/N-ethyl adjacent to an activating group) is 2. The lowest BCUT2D eigenvalue weighted by Crippen LogP contribution is -2.56. The van der Waals surface area contributed by atoms with Crippen LogP contribution in [0.1, 0.15) is 23.3 Å². The number of hydrogen-bond acceptors (Lipinski definition) is 7. The molecule has 0 spiro atoms. The molecule has 1 aliphatic carbocycles. The summed E-state index contributed by atoms with van der Waals surface area (Å²) in [4.78, 5) is 31.8. The van der Waals surface area contributed by atoms with Crippen molar-refractivity contribution in [2.24, 2.45) is 11.8 Å². The summed E-state index contributed by atoms with van der Waals surface area (Å²) in [6.07, 6.45) is -3.75. The van der Waals surface area contributed by atoms with Crippen molar-refractivity contribution in [2.75, 3.05) is 58.8 Å². The zero-order valence-electron chi connectivity index (χ0n) is 19.2. The van der Waals surface area contributed by atoms with Crippen LogP contribution in [0, 0.1) is 11.8 Å². The summed E-state index contributed by atoms with van der Waals surface area (Å²) in [7, 11) is 5.55. The van der Waals surface area contributed by atoms with E-state index in [1.54, 1.807) is 0 Å². The Morgan fingerprint density at radius 1 is 1.21 bits per heavy atom. The molecule has 1 aromatic rings. The molecule has 1 saturated heterocycles. The predicted molar refractivity (Wildman–Crippen MR) is 123 cm³/mol. The van der Waals surface area contributed by atoms with E-state index in [4.69, 9.17) is 11.5 Å². The number of rotatable bonds is 6. The highest BCUT2D eigenvalue weighted by molar-refractivity contribution is 7.16. The minimum absolute atomic E-state index is 0.114. The minimum Gasteiger partial charge on any atom is -0.396 e. The summed E-state index contributed by atoms with van der Waals surface area (Å²) in [5.74, 6) is -1.01. The van der Waals surface area contributed by atoms with Crippen molar-refractivity contribution < 1.29 is 22.8 Å². The third-order valence-corrected chi connectivity index (χ3v) is 7.64. The van der Waals surface area contributed by atoms with Crippen LogP contribution in [0.15, 0.2) is 0 Å². The van der Waals surface area contributed by atoms with Gasteiger partial charge in [-0.3, -0.25) is 9.69 Å². The first-order valence-electron chi connectivity index (χ1n) is 11.0. The van der Waals surface area contributed by atoms with Crippen molar-refractivity contribution in [3.05, 3.63) is 10.4 Å². The van der Waals surface area contributed by atoms with E-state index in [1.807, 2.05) is 26.0 Å². The number of nitrogens with one attached hydrogen (secondary N) is 1. The van der Waals surface area contributed by atoms with Gasteiger partial charge in [0.2, 0.25) is 5.91 Å². The third kappa shape index (κ3) is 6.10. The average molecular weight is 491 g/mol. The summed E-state index contributed by atoms with van der Waals surface area (Å²) < 4.78 is 38.7. The van der Waals surface area contributed by atoms with Crippen LogP contribution in [0.25, 0.3) is 0 Å². The van der Waals surface area contributed by atoms with E-state index in [9.17, 15) is 22.8 Å². The number of imide groups is 1. The fourth-order valence-corrected chi connectivity index (χ4v) is 5.87. The molecule has 33 heavy (non-hydrogen) atoms. The van der Waals surface area contributed by atoms with Crippen LogP contribution in [0.3, 0.4) is 0 Å². The number of carbonyl (C=O) groups excluding carboxylic acids is 2. The van der Waals surface area contributed by atoms with Crippen molar-refractivity contribution in [3.63, 3.8) is 0 Å². The second kappa shape index (κ2) is 10.1. The molecular weight excluding hydrogens is 457 g/mol. The van der Waals surface area contributed by atoms with Crippen LogP contribution < -0.4 is 16.8 Å². The fourth-order valence-electron chi connectivity index (χ4n) is 4.80. The average Bonchev–Trinajstić information content (AvgIpc) is 2.98. The van der Waals surface area contributed by atoms with E-state index >= 15 is 0 Å². The zero-order valence-corrected chi connectivity index (χ0v) is 20.1. The first kappa shape index (κ1) is 25.6. The number of halogens is 3. The van der Waals surface area contributed by atoms with Crippen LogP contribution in [0.2, 0.25) is 0 Å². The molecule has 1 fully saturated rings. The predicted octanol–water partition coefficient (Wildman–Crippen LogP) is 2.00. The number of nitrogen functional groups attached to an aromatic ring is 2. The van der Waals surface area contributed by atoms with Crippen molar-refractivity contribution in [3.8, 4) is 0 Å². The number of anilines is 2. The summed E-state index contributed by atoms with van der Waals surface area (Å²) in [5.41, 5.74) is 13.8. The number of alkyl halides is 3. The van der Waals surface area contributed by atoms with E-state index in [1.165, 1.54) is 11.3 Å². The van der Waals surface area contributed by atoms with E-state index < -0.39 is 37.0 Å². The Hall–Kier alpha value is -2.05. The fraction of sp³-hybridized carbons (Fsp3) is 0.714. The normalized spacial score (nSPS) is 23.2. The maximum Gasteiger partial charge on any atom is 0.390 e. The van der Waals surface area contributed by atoms with Gasteiger partial charge in [-0.05, 0) is 51.9 Å². The molecule has 8 nitrogen and oxygen atoms in total. The van der Waals surface area contributed by atoms with Crippen LogP contribution in [-0.2, 0) is 17.6 Å². The van der Waals surface area contributed by atoms with Gasteiger partial charge in [-0.1, -0.05) is 0 Å². The van der Waals surface area contributed by atoms with Gasteiger partial charge in [-0.2, -0.15) is 13.2 Å². The SMILES string of the molecule is CN(C)CCNC(=O)N(CCC(F)(F)F)C(=O)[C@@H]1C[C@@H]2Cc3c(sc(N)c3N)C[C@H]2N(C)C1. The van der Waals surface area contributed by atoms with Gasteiger partial charge in [-0.25, -0.2) is 4.79 Å². The molecule has 0 unspecified atom stereocenters. The summed E-state index contributed by atoms with van der Waals surface area (Å²) >= 11 is 1.50. The molecule has 1 aromatic heterocycles. The highest BCUT2D eigenvalue weighted by Gasteiger charge is 2.43. The Labute approximate surface area is 196 Å². The molecule has 3 rings (SSSR count). The molecule has 12 heteroatoms. The monoisotopic (exact) mass is 490 g/mol. The molecule has 186 valence electrons. The number of thiophene rings is 1. The maximum atomic E-state index is 13.3. The van der Waals surface area contributed by atoms with Gasteiger partial charge in [0.05, 0.1) is 18.0 Å². The molecule has 0 radical (unpaired) electrons. The van der Waals surface area contributed by atoms with Gasteiger partial charge in [-0.15, -0.1) is 11.3 Å². The first-order chi connectivity index (χ1) is 15.4. The van der Waals surface area contributed by atoms with E-state index in [-0.39, 0.29) is 18.5 Å². The number of piperidine rings is 1. The smallest absolute Gasteiger partial charge is 0.390 e. The topological polar surface area (TPSA) is 108 Å². The standard InChI is InChI=1S/C21H33F3N6O2S/c1-28(2)7-5-27-20(32)30(6-4-21(22,23)24)19(31)13-8-12-9-14-16(33-18(26)17(14)25)10-15(12)29(3)11-13/h12-13,15H,4-11,25-26H2,1-3H3,(H,27,32)/t12-,13-,15-/m1/s1. The quantitative estimate of drug-likeness (QED) is 0.563. The molecule has 2 aliphatic rings. The third-order valence-electron chi connectivity index (χ3n) is 6.54. The molecular formula is C21H33F3N6O2S. The van der Waals surface area contributed by atoms with E-state index in [0.29, 0.717) is 36.6 Å². The number of amides is 3. The molecule has 0 aromatic carbocycles. The molecule has 0 saturated carbocycles. The number of nitrogens with two attached hydrogens (primary N) is 2. The molecule has 1 aliphatic heterocycles. The van der Waals surface area contributed by atoms with Crippen molar-refractivity contribution in [1.82, 2.24) is 20.0 Å². The number of nitrogens with zero attached hydrogens (tertiary/aromatic N) is 3. The lowest BCUT2D eigenvalue weighted by molar-refractivity contribution is -0.146. The Balaban J connectivity index is 1.73. The molecule has 3 atom stereocenters. The highest BCUT2D eigenvalue weighted by atomic mass is 32.1. The van der Waals surface area contributed by atoms with Gasteiger partial charge in [0, 0.05) is 37.1 Å². The van der Waals surface area contributed by atoms with Crippen molar-refractivity contribution >= 4 is 34.0 Å². The lowest BCUT2D eigenvalue weighted by atomic mass is 9.74. The summed E-state index contributed by atoms with van der Waals surface area (Å²) in [6.45, 7) is 0.441. The number of urea groups is 1. The second-order valence-electron chi connectivity index (χ2n) is 9.28. The summed E-state index contributed by atoms with van der Waals surface area (Å²) in [5, 5.41) is 3.17. The van der Waals surface area contributed by atoms with Crippen LogP contribution >= 0.6 is 11.3 Å². The molecule has 3 amide bonds.